The maximum absolute atomic E-state index is 11.9. The zero-order valence-corrected chi connectivity index (χ0v) is 13.9. The molecule has 5 heteroatoms. The van der Waals surface area contributed by atoms with E-state index in [1.54, 1.807) is 11.9 Å². The smallest absolute Gasteiger partial charge is 0.410 e. The van der Waals surface area contributed by atoms with Crippen LogP contribution in [0.5, 0.6) is 5.75 Å². The summed E-state index contributed by atoms with van der Waals surface area (Å²) in [5.41, 5.74) is 0.729. The molecule has 1 N–H and O–H groups in total. The number of likely N-dealkylation sites (N-methyl/N-ethyl adjacent to an activating group) is 1. The van der Waals surface area contributed by atoms with E-state index < -0.39 is 5.60 Å². The lowest BCUT2D eigenvalue weighted by molar-refractivity contribution is 0.0299. The third kappa shape index (κ3) is 4.63. The largest absolute Gasteiger partial charge is 0.493 e. The molecule has 1 aliphatic rings. The minimum Gasteiger partial charge on any atom is -0.493 e. The molecule has 2 rings (SSSR count). The summed E-state index contributed by atoms with van der Waals surface area (Å²) in [6.45, 7) is 7.65. The van der Waals surface area contributed by atoms with Crippen molar-refractivity contribution in [1.29, 1.82) is 0 Å². The van der Waals surface area contributed by atoms with Crippen LogP contribution in [0, 0.1) is 0 Å². The van der Waals surface area contributed by atoms with Crippen LogP contribution in [-0.2, 0) is 4.74 Å². The van der Waals surface area contributed by atoms with Gasteiger partial charge in [-0.2, -0.15) is 0 Å². The van der Waals surface area contributed by atoms with Crippen molar-refractivity contribution >= 4 is 6.09 Å². The Morgan fingerprint density at radius 1 is 1.41 bits per heavy atom. The van der Waals surface area contributed by atoms with E-state index in [2.05, 4.69) is 11.4 Å². The molecule has 0 fully saturated rings. The van der Waals surface area contributed by atoms with Gasteiger partial charge in [-0.15, -0.1) is 0 Å². The minimum absolute atomic E-state index is 0.275. The molecule has 0 saturated heterocycles. The average Bonchev–Trinajstić information content (AvgIpc) is 2.45. The molecule has 1 aromatic rings. The predicted octanol–water partition coefficient (Wildman–Crippen LogP) is 2.97. The number of carbonyl (C=O) groups is 1. The van der Waals surface area contributed by atoms with Gasteiger partial charge < -0.3 is 19.7 Å². The maximum atomic E-state index is 11.9. The second-order valence-corrected chi connectivity index (χ2v) is 6.58. The number of hydrogen-bond donors (Lipinski definition) is 1. The van der Waals surface area contributed by atoms with Gasteiger partial charge in [0.2, 0.25) is 0 Å². The molecule has 1 amide bonds. The molecular weight excluding hydrogens is 280 g/mol. The molecule has 0 aliphatic carbocycles. The highest BCUT2D eigenvalue weighted by Gasteiger charge is 2.22. The molecule has 0 aromatic heterocycles. The zero-order valence-electron chi connectivity index (χ0n) is 13.9. The number of fused-ring (bicyclic) bond motifs is 1. The molecule has 122 valence electrons. The monoisotopic (exact) mass is 306 g/mol. The van der Waals surface area contributed by atoms with E-state index in [0.29, 0.717) is 6.54 Å². The third-order valence-corrected chi connectivity index (χ3v) is 3.50. The highest BCUT2D eigenvalue weighted by molar-refractivity contribution is 5.67. The molecule has 0 bridgehead atoms. The summed E-state index contributed by atoms with van der Waals surface area (Å²) >= 11 is 0. The van der Waals surface area contributed by atoms with Gasteiger partial charge in [0.15, 0.2) is 0 Å². The van der Waals surface area contributed by atoms with Crippen LogP contribution >= 0.6 is 0 Å². The van der Waals surface area contributed by atoms with Crippen molar-refractivity contribution in [3.05, 3.63) is 29.8 Å². The molecule has 22 heavy (non-hydrogen) atoms. The number of ether oxygens (including phenoxy) is 2. The van der Waals surface area contributed by atoms with Crippen molar-refractivity contribution in [2.24, 2.45) is 0 Å². The molecule has 1 aliphatic heterocycles. The van der Waals surface area contributed by atoms with Crippen molar-refractivity contribution in [2.45, 2.75) is 38.8 Å². The Bertz CT molecular complexity index is 511. The van der Waals surface area contributed by atoms with Gasteiger partial charge in [0, 0.05) is 38.2 Å². The van der Waals surface area contributed by atoms with Gasteiger partial charge >= 0.3 is 6.09 Å². The fraction of sp³-hybridized carbons (Fsp3) is 0.588. The van der Waals surface area contributed by atoms with Crippen LogP contribution in [0.25, 0.3) is 0 Å². The van der Waals surface area contributed by atoms with E-state index in [-0.39, 0.29) is 12.1 Å². The Morgan fingerprint density at radius 3 is 2.86 bits per heavy atom. The highest BCUT2D eigenvalue weighted by Crippen LogP contribution is 2.31. The number of amides is 1. The summed E-state index contributed by atoms with van der Waals surface area (Å²) < 4.78 is 11.0. The van der Waals surface area contributed by atoms with Gasteiger partial charge in [-0.05, 0) is 26.8 Å². The molecule has 5 nitrogen and oxygen atoms in total. The first kappa shape index (κ1) is 16.6. The molecule has 1 heterocycles. The zero-order chi connectivity index (χ0) is 16.2. The van der Waals surface area contributed by atoms with E-state index in [9.17, 15) is 4.79 Å². The molecule has 1 unspecified atom stereocenters. The molecule has 0 radical (unpaired) electrons. The van der Waals surface area contributed by atoms with Gasteiger partial charge in [-0.1, -0.05) is 18.2 Å². The van der Waals surface area contributed by atoms with Crippen molar-refractivity contribution in [2.75, 3.05) is 26.7 Å². The van der Waals surface area contributed by atoms with Gasteiger partial charge in [0.05, 0.1) is 6.61 Å². The van der Waals surface area contributed by atoms with E-state index >= 15 is 0 Å². The standard InChI is InChI=1S/C17H26N2O3/c1-17(2,3)22-16(20)19(4)11-10-18-14-9-12-21-15-8-6-5-7-13(14)15/h5-8,14,18H,9-12H2,1-4H3. The fourth-order valence-corrected chi connectivity index (χ4v) is 2.39. The SMILES string of the molecule is CN(CCNC1CCOc2ccccc21)C(=O)OC(C)(C)C. The van der Waals surface area contributed by atoms with Crippen molar-refractivity contribution in [1.82, 2.24) is 10.2 Å². The first-order valence-electron chi connectivity index (χ1n) is 7.76. The van der Waals surface area contributed by atoms with Gasteiger partial charge in [-0.25, -0.2) is 4.79 Å². The lowest BCUT2D eigenvalue weighted by Gasteiger charge is -2.28. The van der Waals surface area contributed by atoms with Crippen LogP contribution in [-0.4, -0.2) is 43.3 Å². The Kier molecular flexibility index (Phi) is 5.29. The summed E-state index contributed by atoms with van der Waals surface area (Å²) in [7, 11) is 1.76. The number of carbonyl (C=O) groups excluding carboxylic acids is 1. The topological polar surface area (TPSA) is 50.8 Å². The predicted molar refractivity (Wildman–Crippen MR) is 86.2 cm³/mol. The van der Waals surface area contributed by atoms with Crippen LogP contribution in [0.2, 0.25) is 0 Å². The lowest BCUT2D eigenvalue weighted by atomic mass is 10.0. The molecule has 1 atom stereocenters. The van der Waals surface area contributed by atoms with Gasteiger partial charge in [0.25, 0.3) is 0 Å². The number of benzene rings is 1. The van der Waals surface area contributed by atoms with Crippen molar-refractivity contribution in [3.63, 3.8) is 0 Å². The van der Waals surface area contributed by atoms with E-state index in [4.69, 9.17) is 9.47 Å². The number of nitrogens with zero attached hydrogens (tertiary/aromatic N) is 1. The lowest BCUT2D eigenvalue weighted by Crippen LogP contribution is -2.39. The summed E-state index contributed by atoms with van der Waals surface area (Å²) in [6, 6.07) is 8.36. The maximum Gasteiger partial charge on any atom is 0.410 e. The summed E-state index contributed by atoms with van der Waals surface area (Å²) in [5, 5.41) is 3.50. The van der Waals surface area contributed by atoms with Gasteiger partial charge in [-0.3, -0.25) is 0 Å². The van der Waals surface area contributed by atoms with Crippen molar-refractivity contribution in [3.8, 4) is 5.75 Å². The number of hydrogen-bond acceptors (Lipinski definition) is 4. The van der Waals surface area contributed by atoms with Gasteiger partial charge in [0.1, 0.15) is 11.4 Å². The first-order chi connectivity index (χ1) is 10.4. The van der Waals surface area contributed by atoms with E-state index in [1.807, 2.05) is 39.0 Å². The first-order valence-corrected chi connectivity index (χ1v) is 7.76. The summed E-state index contributed by atoms with van der Waals surface area (Å²) in [5.74, 6) is 0.951. The Balaban J connectivity index is 1.81. The van der Waals surface area contributed by atoms with E-state index in [1.165, 1.54) is 5.56 Å². The van der Waals surface area contributed by atoms with Crippen LogP contribution in [0.1, 0.15) is 38.8 Å². The fourth-order valence-electron chi connectivity index (χ4n) is 2.39. The number of para-hydroxylation sites is 1. The van der Waals surface area contributed by atoms with E-state index in [0.717, 1.165) is 25.3 Å². The number of rotatable bonds is 4. The molecular formula is C17H26N2O3. The second kappa shape index (κ2) is 7.01. The molecule has 0 spiro atoms. The summed E-state index contributed by atoms with van der Waals surface area (Å²) in [6.07, 6.45) is 0.648. The quantitative estimate of drug-likeness (QED) is 0.929. The number of nitrogens with one attached hydrogen (secondary N) is 1. The Hall–Kier alpha value is -1.75. The van der Waals surface area contributed by atoms with Crippen molar-refractivity contribution < 1.29 is 14.3 Å². The van der Waals surface area contributed by atoms with Crippen LogP contribution < -0.4 is 10.1 Å². The summed E-state index contributed by atoms with van der Waals surface area (Å²) in [4.78, 5) is 13.5. The molecule has 1 aromatic carbocycles. The minimum atomic E-state index is -0.460. The third-order valence-electron chi connectivity index (χ3n) is 3.50. The molecule has 0 saturated carbocycles. The normalized spacial score (nSPS) is 17.4. The van der Waals surface area contributed by atoms with Crippen LogP contribution in [0.15, 0.2) is 24.3 Å². The Labute approximate surface area is 132 Å². The van der Waals surface area contributed by atoms with Crippen LogP contribution in [0.4, 0.5) is 4.79 Å². The highest BCUT2D eigenvalue weighted by atomic mass is 16.6. The van der Waals surface area contributed by atoms with Crippen LogP contribution in [0.3, 0.4) is 0 Å². The Morgan fingerprint density at radius 2 is 2.14 bits per heavy atom. The average molecular weight is 306 g/mol. The second-order valence-electron chi connectivity index (χ2n) is 6.58.